The van der Waals surface area contributed by atoms with Gasteiger partial charge in [0, 0.05) is 5.41 Å². The maximum atomic E-state index is 12.1. The Morgan fingerprint density at radius 1 is 1.13 bits per heavy atom. The molecule has 0 aromatic heterocycles. The van der Waals surface area contributed by atoms with Crippen molar-refractivity contribution in [2.24, 2.45) is 0 Å². The first-order chi connectivity index (χ1) is 6.77. The first-order valence-electron chi connectivity index (χ1n) is 3.82. The van der Waals surface area contributed by atoms with Gasteiger partial charge in [-0.2, -0.15) is 13.2 Å². The van der Waals surface area contributed by atoms with Crippen molar-refractivity contribution in [1.82, 2.24) is 0 Å². The largest absolute Gasteiger partial charge is 0.416 e. The van der Waals surface area contributed by atoms with E-state index in [1.807, 2.05) is 0 Å². The van der Waals surface area contributed by atoms with E-state index in [0.29, 0.717) is 5.41 Å². The molecule has 0 saturated carbocycles. The molecule has 0 aliphatic heterocycles. The van der Waals surface area contributed by atoms with E-state index in [2.05, 4.69) is 6.58 Å². The van der Waals surface area contributed by atoms with E-state index in [9.17, 15) is 21.6 Å². The molecule has 1 aromatic rings. The third-order valence-corrected chi connectivity index (χ3v) is 3.10. The van der Waals surface area contributed by atoms with Crippen LogP contribution in [0.4, 0.5) is 13.2 Å². The molecular weight excluding hydrogens is 229 g/mol. The van der Waals surface area contributed by atoms with Crippen molar-refractivity contribution in [2.75, 3.05) is 0 Å². The van der Waals surface area contributed by atoms with Gasteiger partial charge in [0.15, 0.2) is 9.84 Å². The van der Waals surface area contributed by atoms with E-state index in [0.717, 1.165) is 24.3 Å². The molecule has 0 fully saturated rings. The Bertz CT molecular complexity index is 457. The Kier molecular flexibility index (Phi) is 2.90. The summed E-state index contributed by atoms with van der Waals surface area (Å²) in [5.74, 6) is 0. The number of hydrogen-bond acceptors (Lipinski definition) is 2. The second-order valence-electron chi connectivity index (χ2n) is 2.73. The minimum absolute atomic E-state index is 0.203. The van der Waals surface area contributed by atoms with Crippen LogP contribution in [0.25, 0.3) is 0 Å². The summed E-state index contributed by atoms with van der Waals surface area (Å²) in [7, 11) is -3.66. The molecule has 0 radical (unpaired) electrons. The molecule has 15 heavy (non-hydrogen) atoms. The van der Waals surface area contributed by atoms with Gasteiger partial charge in [-0.15, -0.1) is 0 Å². The van der Waals surface area contributed by atoms with Crippen LogP contribution in [0.15, 0.2) is 41.1 Å². The van der Waals surface area contributed by atoms with Crippen molar-refractivity contribution in [3.05, 3.63) is 41.8 Å². The molecular formula is C9H7F3O2S. The maximum absolute atomic E-state index is 12.1. The van der Waals surface area contributed by atoms with Crippen LogP contribution in [0.5, 0.6) is 0 Å². The molecule has 2 nitrogen and oxygen atoms in total. The van der Waals surface area contributed by atoms with E-state index in [1.54, 1.807) is 0 Å². The first-order valence-corrected chi connectivity index (χ1v) is 5.37. The Morgan fingerprint density at radius 3 is 1.93 bits per heavy atom. The summed E-state index contributed by atoms with van der Waals surface area (Å²) >= 11 is 0. The van der Waals surface area contributed by atoms with Gasteiger partial charge < -0.3 is 0 Å². The van der Waals surface area contributed by atoms with Gasteiger partial charge in [-0.25, -0.2) is 8.42 Å². The zero-order valence-corrected chi connectivity index (χ0v) is 8.27. The van der Waals surface area contributed by atoms with Crippen LogP contribution in [0.1, 0.15) is 5.56 Å². The van der Waals surface area contributed by atoms with E-state index in [1.165, 1.54) is 0 Å². The number of benzene rings is 1. The third kappa shape index (κ3) is 2.59. The van der Waals surface area contributed by atoms with E-state index >= 15 is 0 Å². The predicted molar refractivity (Wildman–Crippen MR) is 48.8 cm³/mol. The normalized spacial score (nSPS) is 12.5. The fraction of sp³-hybridized carbons (Fsp3) is 0.111. The average Bonchev–Trinajstić information content (AvgIpc) is 2.17. The van der Waals surface area contributed by atoms with E-state index in [-0.39, 0.29) is 4.90 Å². The van der Waals surface area contributed by atoms with Crippen LogP contribution >= 0.6 is 0 Å². The molecule has 0 aliphatic rings. The molecule has 82 valence electrons. The van der Waals surface area contributed by atoms with Crippen LogP contribution in [0.3, 0.4) is 0 Å². The molecule has 0 spiro atoms. The Morgan fingerprint density at radius 2 is 1.60 bits per heavy atom. The first kappa shape index (κ1) is 11.8. The maximum Gasteiger partial charge on any atom is 0.416 e. The van der Waals surface area contributed by atoms with Gasteiger partial charge in [0.25, 0.3) is 0 Å². The summed E-state index contributed by atoms with van der Waals surface area (Å²) in [5.41, 5.74) is -0.884. The molecule has 0 aliphatic carbocycles. The topological polar surface area (TPSA) is 34.1 Å². The zero-order chi connectivity index (χ0) is 11.7. The highest BCUT2D eigenvalue weighted by Gasteiger charge is 2.30. The average molecular weight is 236 g/mol. The molecule has 0 atom stereocenters. The minimum Gasteiger partial charge on any atom is -0.219 e. The van der Waals surface area contributed by atoms with Gasteiger partial charge in [-0.3, -0.25) is 0 Å². The van der Waals surface area contributed by atoms with Crippen molar-refractivity contribution in [2.45, 2.75) is 11.1 Å². The van der Waals surface area contributed by atoms with Crippen LogP contribution in [0, 0.1) is 0 Å². The van der Waals surface area contributed by atoms with Crippen LogP contribution in [-0.2, 0) is 16.0 Å². The number of alkyl halides is 3. The number of sulfone groups is 1. The molecule has 0 saturated heterocycles. The third-order valence-electron chi connectivity index (χ3n) is 1.73. The highest BCUT2D eigenvalue weighted by Crippen LogP contribution is 2.29. The quantitative estimate of drug-likeness (QED) is 0.791. The summed E-state index contributed by atoms with van der Waals surface area (Å²) in [6.07, 6.45) is -4.46. The van der Waals surface area contributed by atoms with Gasteiger partial charge in [-0.05, 0) is 24.3 Å². The SMILES string of the molecule is C=CS(=O)(=O)c1ccc(C(F)(F)F)cc1. The second kappa shape index (κ2) is 3.69. The molecule has 0 bridgehead atoms. The van der Waals surface area contributed by atoms with Gasteiger partial charge in [0.1, 0.15) is 0 Å². The highest BCUT2D eigenvalue weighted by atomic mass is 32.2. The Balaban J connectivity index is 3.17. The summed E-state index contributed by atoms with van der Waals surface area (Å²) in [4.78, 5) is -0.203. The van der Waals surface area contributed by atoms with Gasteiger partial charge >= 0.3 is 6.18 Å². The van der Waals surface area contributed by atoms with Crippen molar-refractivity contribution in [3.8, 4) is 0 Å². The molecule has 1 aromatic carbocycles. The fourth-order valence-corrected chi connectivity index (χ4v) is 1.64. The second-order valence-corrected chi connectivity index (χ2v) is 4.63. The summed E-state index contributed by atoms with van der Waals surface area (Å²) in [6.45, 7) is 3.07. The molecule has 0 N–H and O–H groups in total. The highest BCUT2D eigenvalue weighted by molar-refractivity contribution is 7.94. The lowest BCUT2D eigenvalue weighted by Gasteiger charge is -2.06. The van der Waals surface area contributed by atoms with Crippen molar-refractivity contribution in [1.29, 1.82) is 0 Å². The lowest BCUT2D eigenvalue weighted by molar-refractivity contribution is -0.137. The smallest absolute Gasteiger partial charge is 0.219 e. The number of halogens is 3. The van der Waals surface area contributed by atoms with Gasteiger partial charge in [0.2, 0.25) is 0 Å². The van der Waals surface area contributed by atoms with Crippen LogP contribution < -0.4 is 0 Å². The lowest BCUT2D eigenvalue weighted by atomic mass is 10.2. The summed E-state index contributed by atoms with van der Waals surface area (Å²) < 4.78 is 58.7. The van der Waals surface area contributed by atoms with Crippen LogP contribution in [-0.4, -0.2) is 8.42 Å². The summed E-state index contributed by atoms with van der Waals surface area (Å²) in [5, 5.41) is 0.690. The van der Waals surface area contributed by atoms with Crippen LogP contribution in [0.2, 0.25) is 0 Å². The van der Waals surface area contributed by atoms with E-state index in [4.69, 9.17) is 0 Å². The standard InChI is InChI=1S/C9H7F3O2S/c1-2-15(13,14)8-5-3-7(4-6-8)9(10,11)12/h2-6H,1H2. The van der Waals surface area contributed by atoms with Crippen molar-refractivity contribution >= 4 is 9.84 Å². The molecule has 0 heterocycles. The zero-order valence-electron chi connectivity index (χ0n) is 7.45. The number of rotatable bonds is 2. The monoisotopic (exact) mass is 236 g/mol. The number of hydrogen-bond donors (Lipinski definition) is 0. The Labute approximate surface area is 85.0 Å². The van der Waals surface area contributed by atoms with E-state index < -0.39 is 21.6 Å². The fourth-order valence-electron chi connectivity index (χ4n) is 0.930. The minimum atomic E-state index is -4.46. The predicted octanol–water partition coefficient (Wildman–Crippen LogP) is 2.62. The summed E-state index contributed by atoms with van der Waals surface area (Å²) in [6, 6.07) is 3.24. The van der Waals surface area contributed by atoms with Gasteiger partial charge in [0.05, 0.1) is 10.5 Å². The Hall–Kier alpha value is -1.30. The molecule has 6 heteroatoms. The van der Waals surface area contributed by atoms with Gasteiger partial charge in [-0.1, -0.05) is 6.58 Å². The molecule has 0 amide bonds. The lowest BCUT2D eigenvalue weighted by Crippen LogP contribution is -2.05. The van der Waals surface area contributed by atoms with Crippen molar-refractivity contribution in [3.63, 3.8) is 0 Å². The molecule has 0 unspecified atom stereocenters. The van der Waals surface area contributed by atoms with Crippen molar-refractivity contribution < 1.29 is 21.6 Å². The molecule has 1 rings (SSSR count).